The zero-order valence-electron chi connectivity index (χ0n) is 13.4. The molecule has 5 heteroatoms. The van der Waals surface area contributed by atoms with E-state index in [2.05, 4.69) is 0 Å². The van der Waals surface area contributed by atoms with Crippen molar-refractivity contribution in [2.24, 2.45) is 0 Å². The molecule has 0 amide bonds. The molecule has 3 heterocycles. The number of carbonyl (C=O) groups excluding carboxylic acids is 1. The van der Waals surface area contributed by atoms with E-state index in [9.17, 15) is 4.79 Å². The Bertz CT molecular complexity index is 965. The van der Waals surface area contributed by atoms with Crippen molar-refractivity contribution in [1.29, 1.82) is 0 Å². The summed E-state index contributed by atoms with van der Waals surface area (Å²) < 4.78 is 11.8. The second-order valence-electron chi connectivity index (χ2n) is 5.53. The predicted octanol–water partition coefficient (Wildman–Crippen LogP) is 5.54. The lowest BCUT2D eigenvalue weighted by Crippen LogP contribution is -2.11. The van der Waals surface area contributed by atoms with E-state index >= 15 is 0 Å². The second-order valence-corrected chi connectivity index (χ2v) is 7.49. The summed E-state index contributed by atoms with van der Waals surface area (Å²) in [6, 6.07) is 13.4. The summed E-state index contributed by atoms with van der Waals surface area (Å²) in [5.74, 6) is 1.33. The van der Waals surface area contributed by atoms with Gasteiger partial charge in [-0.3, -0.25) is 4.79 Å². The lowest BCUT2D eigenvalue weighted by molar-refractivity contribution is -0.115. The minimum Gasteiger partial charge on any atom is -0.449 e. The second kappa shape index (κ2) is 6.70. The van der Waals surface area contributed by atoms with Crippen LogP contribution >= 0.6 is 22.7 Å². The number of rotatable bonds is 2. The van der Waals surface area contributed by atoms with Crippen molar-refractivity contribution < 1.29 is 14.3 Å². The third-order valence-electron chi connectivity index (χ3n) is 3.62. The highest BCUT2D eigenvalue weighted by atomic mass is 32.1. The summed E-state index contributed by atoms with van der Waals surface area (Å²) in [7, 11) is 0. The Hall–Kier alpha value is -2.63. The molecule has 0 atom stereocenters. The molecule has 0 radical (unpaired) electrons. The number of thiophene rings is 2. The third-order valence-corrected chi connectivity index (χ3v) is 5.26. The first-order chi connectivity index (χ1) is 12.2. The fourth-order valence-electron chi connectivity index (χ4n) is 2.43. The smallest absolute Gasteiger partial charge is 0.263 e. The lowest BCUT2D eigenvalue weighted by atomic mass is 10.2. The van der Waals surface area contributed by atoms with Gasteiger partial charge >= 0.3 is 0 Å². The number of benzene rings is 1. The number of carbonyl (C=O) groups is 1. The van der Waals surface area contributed by atoms with Crippen LogP contribution in [0, 0.1) is 6.92 Å². The highest BCUT2D eigenvalue weighted by molar-refractivity contribution is 7.11. The van der Waals surface area contributed by atoms with Crippen LogP contribution in [0.4, 0.5) is 0 Å². The molecule has 0 spiro atoms. The summed E-state index contributed by atoms with van der Waals surface area (Å²) in [6.45, 7) is 1.97. The maximum absolute atomic E-state index is 13.0. The monoisotopic (exact) mass is 366 g/mol. The Morgan fingerprint density at radius 1 is 0.840 bits per heavy atom. The summed E-state index contributed by atoms with van der Waals surface area (Å²) in [5.41, 5.74) is 1.04. The summed E-state index contributed by atoms with van der Waals surface area (Å²) in [4.78, 5) is 14.9. The molecule has 25 heavy (non-hydrogen) atoms. The lowest BCUT2D eigenvalue weighted by Gasteiger charge is -2.07. The predicted molar refractivity (Wildman–Crippen MR) is 102 cm³/mol. The van der Waals surface area contributed by atoms with Gasteiger partial charge in [-0.05, 0) is 47.5 Å². The molecular weight excluding hydrogens is 352 g/mol. The van der Waals surface area contributed by atoms with Gasteiger partial charge in [-0.1, -0.05) is 18.2 Å². The van der Waals surface area contributed by atoms with Crippen LogP contribution in [0.15, 0.2) is 64.7 Å². The minimum atomic E-state index is -0.268. The molecule has 3 aromatic rings. The van der Waals surface area contributed by atoms with Crippen LogP contribution in [0.1, 0.15) is 15.3 Å². The van der Waals surface area contributed by atoms with Crippen molar-refractivity contribution in [3.05, 3.63) is 80.1 Å². The van der Waals surface area contributed by atoms with E-state index in [-0.39, 0.29) is 17.3 Å². The van der Waals surface area contributed by atoms with E-state index in [1.54, 1.807) is 34.8 Å². The van der Waals surface area contributed by atoms with Gasteiger partial charge in [0.25, 0.3) is 5.78 Å². The molecular formula is C20H14O3S2. The van der Waals surface area contributed by atoms with Crippen molar-refractivity contribution in [3.63, 3.8) is 0 Å². The van der Waals surface area contributed by atoms with Crippen molar-refractivity contribution in [2.45, 2.75) is 6.92 Å². The average Bonchev–Trinajstić information content (AvgIpc) is 3.27. The summed E-state index contributed by atoms with van der Waals surface area (Å²) in [5, 5.41) is 3.92. The first-order valence-electron chi connectivity index (χ1n) is 7.70. The highest BCUT2D eigenvalue weighted by Crippen LogP contribution is 2.36. The van der Waals surface area contributed by atoms with Crippen LogP contribution in [0.3, 0.4) is 0 Å². The van der Waals surface area contributed by atoms with Crippen molar-refractivity contribution >= 4 is 40.6 Å². The minimum absolute atomic E-state index is 0.257. The van der Waals surface area contributed by atoms with E-state index in [1.165, 1.54) is 0 Å². The molecule has 3 nitrogen and oxygen atoms in total. The standard InChI is InChI=1S/C20H14O3S2/c1-13-6-7-16-17(10-13)23-19(12-15-5-3-9-25-15)20(21)18(22-16)11-14-4-2-8-24-14/h2-12H,1H3. The first-order valence-corrected chi connectivity index (χ1v) is 9.46. The number of hydrogen-bond donors (Lipinski definition) is 0. The topological polar surface area (TPSA) is 35.5 Å². The first kappa shape index (κ1) is 15.9. The molecule has 124 valence electrons. The van der Waals surface area contributed by atoms with E-state index in [0.29, 0.717) is 11.5 Å². The normalized spacial score (nSPS) is 17.1. The van der Waals surface area contributed by atoms with Crippen LogP contribution in [0.5, 0.6) is 11.5 Å². The van der Waals surface area contributed by atoms with Crippen molar-refractivity contribution in [1.82, 2.24) is 0 Å². The van der Waals surface area contributed by atoms with E-state index in [1.807, 2.05) is 60.1 Å². The molecule has 2 aromatic heterocycles. The van der Waals surface area contributed by atoms with Gasteiger partial charge in [0, 0.05) is 21.9 Å². The molecule has 1 aliphatic rings. The van der Waals surface area contributed by atoms with Crippen LogP contribution in [-0.2, 0) is 4.79 Å². The largest absolute Gasteiger partial charge is 0.449 e. The van der Waals surface area contributed by atoms with Crippen LogP contribution in [0.2, 0.25) is 0 Å². The summed E-state index contributed by atoms with van der Waals surface area (Å²) in [6.07, 6.45) is 3.52. The molecule has 1 aromatic carbocycles. The molecule has 0 saturated carbocycles. The number of ketones is 1. The van der Waals surface area contributed by atoms with Gasteiger partial charge < -0.3 is 9.47 Å². The van der Waals surface area contributed by atoms with Crippen LogP contribution in [-0.4, -0.2) is 5.78 Å². The Kier molecular flexibility index (Phi) is 4.26. The number of fused-ring (bicyclic) bond motifs is 1. The zero-order chi connectivity index (χ0) is 17.2. The van der Waals surface area contributed by atoms with Crippen LogP contribution < -0.4 is 9.47 Å². The SMILES string of the molecule is Cc1ccc2c(c1)OC(=Cc1cccs1)C(=O)C(=Cc1cccs1)O2. The molecule has 4 rings (SSSR count). The maximum Gasteiger partial charge on any atom is 0.263 e. The van der Waals surface area contributed by atoms with Gasteiger partial charge in [-0.15, -0.1) is 22.7 Å². The van der Waals surface area contributed by atoms with Crippen LogP contribution in [0.25, 0.3) is 12.2 Å². The maximum atomic E-state index is 13.0. The molecule has 0 bridgehead atoms. The Morgan fingerprint density at radius 3 is 2.00 bits per heavy atom. The van der Waals surface area contributed by atoms with E-state index in [4.69, 9.17) is 9.47 Å². The van der Waals surface area contributed by atoms with Gasteiger partial charge in [0.2, 0.25) is 0 Å². The van der Waals surface area contributed by atoms with Crippen molar-refractivity contribution in [3.8, 4) is 11.5 Å². The van der Waals surface area contributed by atoms with Gasteiger partial charge in [0.1, 0.15) is 0 Å². The van der Waals surface area contributed by atoms with Gasteiger partial charge in [0.05, 0.1) is 0 Å². The summed E-state index contributed by atoms with van der Waals surface area (Å²) >= 11 is 3.10. The number of ether oxygens (including phenoxy) is 2. The van der Waals surface area contributed by atoms with Gasteiger partial charge in [-0.25, -0.2) is 0 Å². The van der Waals surface area contributed by atoms with E-state index in [0.717, 1.165) is 15.3 Å². The Labute approximate surface area is 153 Å². The van der Waals surface area contributed by atoms with Gasteiger partial charge in [-0.2, -0.15) is 0 Å². The number of hydrogen-bond acceptors (Lipinski definition) is 5. The molecule has 0 saturated heterocycles. The Morgan fingerprint density at radius 2 is 1.44 bits per heavy atom. The Balaban J connectivity index is 1.83. The third kappa shape index (κ3) is 3.43. The zero-order valence-corrected chi connectivity index (χ0v) is 15.0. The van der Waals surface area contributed by atoms with E-state index < -0.39 is 0 Å². The molecule has 0 aliphatic carbocycles. The fraction of sp³-hybridized carbons (Fsp3) is 0.0500. The number of aryl methyl sites for hydroxylation is 1. The highest BCUT2D eigenvalue weighted by Gasteiger charge is 2.26. The molecule has 1 aliphatic heterocycles. The molecule has 0 unspecified atom stereocenters. The average molecular weight is 366 g/mol. The number of Topliss-reactive ketones (excluding diaryl/α,β-unsaturated/α-hetero) is 1. The quantitative estimate of drug-likeness (QED) is 0.559. The fourth-order valence-corrected chi connectivity index (χ4v) is 3.72. The van der Waals surface area contributed by atoms with Crippen molar-refractivity contribution in [2.75, 3.05) is 0 Å². The van der Waals surface area contributed by atoms with Gasteiger partial charge in [0.15, 0.2) is 23.0 Å². The molecule has 0 N–H and O–H groups in total. The molecule has 0 fully saturated rings.